The molecule has 4 aliphatic rings. The number of rotatable bonds is 4. The van der Waals surface area contributed by atoms with Crippen LogP contribution in [0.5, 0.6) is 0 Å². The van der Waals surface area contributed by atoms with Gasteiger partial charge < -0.3 is 14.9 Å². The molecule has 0 heterocycles. The number of aliphatic hydroxyl groups is 2. The van der Waals surface area contributed by atoms with Crippen LogP contribution in [0.4, 0.5) is 0 Å². The van der Waals surface area contributed by atoms with Crippen molar-refractivity contribution in [3.05, 3.63) is 0 Å². The average Bonchev–Trinajstić information content (AvgIpc) is 3.06. The van der Waals surface area contributed by atoms with Gasteiger partial charge in [-0.05, 0) is 104 Å². The van der Waals surface area contributed by atoms with Crippen LogP contribution in [-0.2, 0) is 9.53 Å². The molecule has 4 aliphatic carbocycles. The predicted molar refractivity (Wildman–Crippen MR) is 113 cm³/mol. The summed E-state index contributed by atoms with van der Waals surface area (Å²) in [4.78, 5) is 11.6. The minimum absolute atomic E-state index is 0.0198. The molecule has 4 rings (SSSR count). The van der Waals surface area contributed by atoms with E-state index in [9.17, 15) is 15.0 Å². The van der Waals surface area contributed by atoms with Gasteiger partial charge in [0.25, 0.3) is 0 Å². The summed E-state index contributed by atoms with van der Waals surface area (Å²) < 4.78 is 4.85. The third kappa shape index (κ3) is 3.37. The molecule has 0 radical (unpaired) electrons. The Morgan fingerprint density at radius 3 is 2.55 bits per heavy atom. The SMILES string of the molecule is COC(=O)CC[C@@H](C)[C@@H]1CC[C@@H]2[C@H]3CC[C@H]4C[C@@H](O)CC[C@]4(C)[C@@H]3C[C@@H](O)[C@]21C. The van der Waals surface area contributed by atoms with Crippen molar-refractivity contribution in [1.29, 1.82) is 0 Å². The molecule has 0 bridgehead atoms. The van der Waals surface area contributed by atoms with Crippen LogP contribution in [-0.4, -0.2) is 35.5 Å². The number of esters is 1. The largest absolute Gasteiger partial charge is 0.469 e. The highest BCUT2D eigenvalue weighted by atomic mass is 16.5. The van der Waals surface area contributed by atoms with Gasteiger partial charge in [0.15, 0.2) is 0 Å². The Morgan fingerprint density at radius 2 is 1.83 bits per heavy atom. The molecule has 10 atom stereocenters. The van der Waals surface area contributed by atoms with Gasteiger partial charge >= 0.3 is 5.97 Å². The topological polar surface area (TPSA) is 66.8 Å². The third-order valence-corrected chi connectivity index (χ3v) is 10.5. The van der Waals surface area contributed by atoms with Gasteiger partial charge in [0.1, 0.15) is 0 Å². The molecule has 0 amide bonds. The lowest BCUT2D eigenvalue weighted by atomic mass is 9.43. The van der Waals surface area contributed by atoms with Crippen LogP contribution >= 0.6 is 0 Å². The summed E-state index contributed by atoms with van der Waals surface area (Å²) in [6.45, 7) is 7.12. The molecule has 4 heteroatoms. The molecule has 2 N–H and O–H groups in total. The normalized spacial score (nSPS) is 50.2. The van der Waals surface area contributed by atoms with E-state index in [-0.39, 0.29) is 23.6 Å². The molecule has 0 unspecified atom stereocenters. The van der Waals surface area contributed by atoms with Crippen LogP contribution in [0.2, 0.25) is 0 Å². The van der Waals surface area contributed by atoms with E-state index >= 15 is 0 Å². The van der Waals surface area contributed by atoms with Gasteiger partial charge in [-0.3, -0.25) is 4.79 Å². The van der Waals surface area contributed by atoms with E-state index in [1.54, 1.807) is 0 Å². The number of aliphatic hydroxyl groups excluding tert-OH is 2. The molecule has 4 saturated carbocycles. The summed E-state index contributed by atoms with van der Waals surface area (Å²) in [5, 5.41) is 21.8. The second-order valence-electron chi connectivity index (χ2n) is 11.5. The fraction of sp³-hybridized carbons (Fsp3) is 0.960. The van der Waals surface area contributed by atoms with Crippen LogP contribution in [0, 0.1) is 46.3 Å². The Labute approximate surface area is 176 Å². The number of methoxy groups -OCH3 is 1. The van der Waals surface area contributed by atoms with Crippen molar-refractivity contribution in [2.45, 2.75) is 97.2 Å². The van der Waals surface area contributed by atoms with Gasteiger partial charge in [-0.2, -0.15) is 0 Å². The Kier molecular flexibility index (Phi) is 5.83. The molecule has 4 nitrogen and oxygen atoms in total. The standard InChI is InChI=1S/C25H42O4/c1-15(5-10-23(28)29-4)19-8-9-20-18-7-6-16-13-17(26)11-12-24(16,2)21(18)14-22(27)25(19,20)3/h15-22,26-27H,5-14H2,1-4H3/t15-,16+,17+,18-,19+,20-,21-,22-,24+,25+/m1/s1. The van der Waals surface area contributed by atoms with Crippen LogP contribution in [0.1, 0.15) is 85.0 Å². The van der Waals surface area contributed by atoms with E-state index in [1.165, 1.54) is 32.8 Å². The maximum atomic E-state index is 11.6. The first-order chi connectivity index (χ1) is 13.7. The van der Waals surface area contributed by atoms with E-state index in [0.717, 1.165) is 38.0 Å². The van der Waals surface area contributed by atoms with Crippen molar-refractivity contribution in [3.8, 4) is 0 Å². The Balaban J connectivity index is 1.53. The van der Waals surface area contributed by atoms with Gasteiger partial charge in [-0.25, -0.2) is 0 Å². The van der Waals surface area contributed by atoms with Gasteiger partial charge in [-0.15, -0.1) is 0 Å². The quantitative estimate of drug-likeness (QED) is 0.671. The molecule has 0 aromatic rings. The summed E-state index contributed by atoms with van der Waals surface area (Å²) in [7, 11) is 1.46. The molecule has 0 aromatic heterocycles. The van der Waals surface area contributed by atoms with Crippen molar-refractivity contribution >= 4 is 5.97 Å². The van der Waals surface area contributed by atoms with E-state index < -0.39 is 0 Å². The minimum Gasteiger partial charge on any atom is -0.469 e. The molecule has 0 aromatic carbocycles. The van der Waals surface area contributed by atoms with Crippen molar-refractivity contribution in [2.75, 3.05) is 7.11 Å². The maximum absolute atomic E-state index is 11.6. The Morgan fingerprint density at radius 1 is 1.07 bits per heavy atom. The average molecular weight is 407 g/mol. The van der Waals surface area contributed by atoms with Crippen molar-refractivity contribution in [3.63, 3.8) is 0 Å². The highest BCUT2D eigenvalue weighted by Crippen LogP contribution is 2.68. The molecule has 166 valence electrons. The molecular formula is C25H42O4. The lowest BCUT2D eigenvalue weighted by molar-refractivity contribution is -0.175. The number of carbonyl (C=O) groups excluding carboxylic acids is 1. The van der Waals surface area contributed by atoms with Crippen molar-refractivity contribution < 1.29 is 19.7 Å². The second-order valence-corrected chi connectivity index (χ2v) is 11.5. The summed E-state index contributed by atoms with van der Waals surface area (Å²) in [6, 6.07) is 0. The third-order valence-electron chi connectivity index (χ3n) is 10.5. The van der Waals surface area contributed by atoms with E-state index in [2.05, 4.69) is 20.8 Å². The molecule has 4 fully saturated rings. The summed E-state index contributed by atoms with van der Waals surface area (Å²) in [5.74, 6) is 3.36. The number of ether oxygens (including phenoxy) is 1. The first-order valence-electron chi connectivity index (χ1n) is 12.1. The Hall–Kier alpha value is -0.610. The lowest BCUT2D eigenvalue weighted by Gasteiger charge is -2.62. The first-order valence-corrected chi connectivity index (χ1v) is 12.1. The van der Waals surface area contributed by atoms with Gasteiger partial charge in [0.2, 0.25) is 0 Å². The summed E-state index contributed by atoms with van der Waals surface area (Å²) in [6.07, 6.45) is 9.86. The zero-order valence-electron chi connectivity index (χ0n) is 18.9. The summed E-state index contributed by atoms with van der Waals surface area (Å²) >= 11 is 0. The minimum atomic E-state index is -0.246. The first kappa shape index (κ1) is 21.6. The number of carbonyl (C=O) groups is 1. The zero-order valence-corrected chi connectivity index (χ0v) is 18.9. The molecule has 29 heavy (non-hydrogen) atoms. The molecular weight excluding hydrogens is 364 g/mol. The fourth-order valence-corrected chi connectivity index (χ4v) is 8.81. The van der Waals surface area contributed by atoms with Crippen LogP contribution < -0.4 is 0 Å². The highest BCUT2D eigenvalue weighted by molar-refractivity contribution is 5.69. The lowest BCUT2D eigenvalue weighted by Crippen LogP contribution is -2.58. The maximum Gasteiger partial charge on any atom is 0.305 e. The van der Waals surface area contributed by atoms with Gasteiger partial charge in [0, 0.05) is 6.42 Å². The molecule has 0 aliphatic heterocycles. The molecule has 0 spiro atoms. The highest BCUT2D eigenvalue weighted by Gasteiger charge is 2.63. The predicted octanol–water partition coefficient (Wildman–Crippen LogP) is 4.57. The van der Waals surface area contributed by atoms with Crippen LogP contribution in [0.3, 0.4) is 0 Å². The van der Waals surface area contributed by atoms with Gasteiger partial charge in [0.05, 0.1) is 19.3 Å². The fourth-order valence-electron chi connectivity index (χ4n) is 8.81. The Bertz CT molecular complexity index is 620. The summed E-state index contributed by atoms with van der Waals surface area (Å²) in [5.41, 5.74) is 0.271. The van der Waals surface area contributed by atoms with Crippen LogP contribution in [0.15, 0.2) is 0 Å². The van der Waals surface area contributed by atoms with Gasteiger partial charge in [-0.1, -0.05) is 20.8 Å². The van der Waals surface area contributed by atoms with E-state index in [4.69, 9.17) is 4.74 Å². The van der Waals surface area contributed by atoms with Crippen molar-refractivity contribution in [2.24, 2.45) is 46.3 Å². The smallest absolute Gasteiger partial charge is 0.305 e. The van der Waals surface area contributed by atoms with Crippen LogP contribution in [0.25, 0.3) is 0 Å². The monoisotopic (exact) mass is 406 g/mol. The molecule has 0 saturated heterocycles. The zero-order chi connectivity index (χ0) is 21.0. The van der Waals surface area contributed by atoms with E-state index in [1.807, 2.05) is 0 Å². The number of hydrogen-bond donors (Lipinski definition) is 2. The number of fused-ring (bicyclic) bond motifs is 5. The van der Waals surface area contributed by atoms with E-state index in [0.29, 0.717) is 41.4 Å². The number of hydrogen-bond acceptors (Lipinski definition) is 4. The second kappa shape index (κ2) is 7.82. The van der Waals surface area contributed by atoms with Crippen molar-refractivity contribution in [1.82, 2.24) is 0 Å².